The molecule has 1 atom stereocenters. The van der Waals surface area contributed by atoms with Crippen LogP contribution in [0.15, 0.2) is 72.1 Å². The first-order chi connectivity index (χ1) is 16.3. The fourth-order valence-electron chi connectivity index (χ4n) is 3.64. The summed E-state index contributed by atoms with van der Waals surface area (Å²) < 4.78 is 15.5. The van der Waals surface area contributed by atoms with Crippen LogP contribution in [0.2, 0.25) is 0 Å². The summed E-state index contributed by atoms with van der Waals surface area (Å²) in [4.78, 5) is 18.8. The zero-order valence-electron chi connectivity index (χ0n) is 19.6. The van der Waals surface area contributed by atoms with Crippen molar-refractivity contribution in [3.8, 4) is 17.1 Å². The summed E-state index contributed by atoms with van der Waals surface area (Å²) in [5.74, 6) is 0.293. The summed E-state index contributed by atoms with van der Waals surface area (Å²) in [6, 6.07) is 16.3. The number of aryl methyl sites for hydroxylation is 2. The van der Waals surface area contributed by atoms with Crippen LogP contribution >= 0.6 is 11.8 Å². The first-order valence-corrected chi connectivity index (χ1v) is 11.8. The molecule has 0 fully saturated rings. The van der Waals surface area contributed by atoms with Gasteiger partial charge in [-0.2, -0.15) is 0 Å². The number of carbonyl (C=O) groups excluding carboxylic acids is 1. The van der Waals surface area contributed by atoms with Crippen molar-refractivity contribution >= 4 is 17.7 Å². The fraction of sp³-hybridized carbons (Fsp3) is 0.231. The lowest BCUT2D eigenvalue weighted by molar-refractivity contribution is -0.129. The normalized spacial score (nSPS) is 11.9. The van der Waals surface area contributed by atoms with Gasteiger partial charge in [0.1, 0.15) is 5.82 Å². The summed E-state index contributed by atoms with van der Waals surface area (Å²) >= 11 is 1.35. The molecular weight excluding hydrogens is 449 g/mol. The number of benzene rings is 2. The Morgan fingerprint density at radius 1 is 1.06 bits per heavy atom. The Morgan fingerprint density at radius 3 is 2.53 bits per heavy atom. The van der Waals surface area contributed by atoms with Crippen LogP contribution in [0.3, 0.4) is 0 Å². The molecule has 0 saturated carbocycles. The van der Waals surface area contributed by atoms with Crippen molar-refractivity contribution in [1.29, 1.82) is 0 Å². The zero-order valence-corrected chi connectivity index (χ0v) is 20.4. The molecule has 0 N–H and O–H groups in total. The quantitative estimate of drug-likeness (QED) is 0.343. The smallest absolute Gasteiger partial charge is 0.235 e. The van der Waals surface area contributed by atoms with E-state index in [0.717, 1.165) is 22.4 Å². The van der Waals surface area contributed by atoms with Crippen LogP contribution in [-0.4, -0.2) is 42.9 Å². The van der Waals surface area contributed by atoms with Gasteiger partial charge in [-0.15, -0.1) is 10.2 Å². The number of halogens is 1. The van der Waals surface area contributed by atoms with Gasteiger partial charge in [-0.05, 0) is 73.9 Å². The molecule has 4 aromatic rings. The van der Waals surface area contributed by atoms with Crippen molar-refractivity contribution in [1.82, 2.24) is 24.6 Å². The largest absolute Gasteiger partial charge is 0.340 e. The standard InChI is InChI=1S/C26H26FN5OS/c1-17-8-9-23(14-18(17)2)32-24(21-10-12-28-13-11-21)29-30-26(32)34-19(3)25(33)31(4)16-20-6-5-7-22(27)15-20/h5-15,19H,16H2,1-4H3. The lowest BCUT2D eigenvalue weighted by Gasteiger charge is -2.21. The van der Waals surface area contributed by atoms with Crippen LogP contribution in [0.5, 0.6) is 0 Å². The van der Waals surface area contributed by atoms with Gasteiger partial charge in [0.05, 0.1) is 10.9 Å². The fourth-order valence-corrected chi connectivity index (χ4v) is 4.62. The molecule has 0 saturated heterocycles. The predicted molar refractivity (Wildman–Crippen MR) is 132 cm³/mol. The van der Waals surface area contributed by atoms with Crippen molar-refractivity contribution in [3.63, 3.8) is 0 Å². The molecule has 34 heavy (non-hydrogen) atoms. The molecule has 0 aliphatic carbocycles. The van der Waals surface area contributed by atoms with E-state index >= 15 is 0 Å². The highest BCUT2D eigenvalue weighted by Gasteiger charge is 2.24. The molecular formula is C26H26FN5OS. The van der Waals surface area contributed by atoms with Crippen molar-refractivity contribution < 1.29 is 9.18 Å². The van der Waals surface area contributed by atoms with Gasteiger partial charge in [-0.1, -0.05) is 30.0 Å². The Balaban J connectivity index is 1.62. The second-order valence-electron chi connectivity index (χ2n) is 8.23. The van der Waals surface area contributed by atoms with Crippen molar-refractivity contribution in [2.45, 2.75) is 37.7 Å². The minimum Gasteiger partial charge on any atom is -0.340 e. The Labute approximate surface area is 202 Å². The molecule has 1 amide bonds. The van der Waals surface area contributed by atoms with Gasteiger partial charge in [-0.25, -0.2) is 4.39 Å². The monoisotopic (exact) mass is 475 g/mol. The maximum absolute atomic E-state index is 13.5. The maximum Gasteiger partial charge on any atom is 0.235 e. The Morgan fingerprint density at radius 2 is 1.82 bits per heavy atom. The van der Waals surface area contributed by atoms with Crippen LogP contribution in [-0.2, 0) is 11.3 Å². The number of rotatable bonds is 7. The highest BCUT2D eigenvalue weighted by Crippen LogP contribution is 2.31. The van der Waals surface area contributed by atoms with Gasteiger partial charge in [-0.3, -0.25) is 14.3 Å². The van der Waals surface area contributed by atoms with E-state index < -0.39 is 5.25 Å². The van der Waals surface area contributed by atoms with E-state index in [0.29, 0.717) is 17.5 Å². The molecule has 0 spiro atoms. The maximum atomic E-state index is 13.5. The summed E-state index contributed by atoms with van der Waals surface area (Å²) in [6.45, 7) is 6.31. The third-order valence-electron chi connectivity index (χ3n) is 5.64. The highest BCUT2D eigenvalue weighted by molar-refractivity contribution is 8.00. The van der Waals surface area contributed by atoms with Crippen molar-refractivity contribution in [2.75, 3.05) is 7.05 Å². The first-order valence-electron chi connectivity index (χ1n) is 10.9. The van der Waals surface area contributed by atoms with E-state index in [-0.39, 0.29) is 11.7 Å². The van der Waals surface area contributed by atoms with Crippen LogP contribution in [0.25, 0.3) is 17.1 Å². The Bertz CT molecular complexity index is 1310. The van der Waals surface area contributed by atoms with Crippen LogP contribution in [0.4, 0.5) is 4.39 Å². The second-order valence-corrected chi connectivity index (χ2v) is 9.54. The van der Waals surface area contributed by atoms with Gasteiger partial charge in [0.15, 0.2) is 11.0 Å². The summed E-state index contributed by atoms with van der Waals surface area (Å²) in [5, 5.41) is 9.08. The first kappa shape index (κ1) is 23.6. The molecule has 2 aromatic heterocycles. The van der Waals surface area contributed by atoms with Gasteiger partial charge < -0.3 is 4.90 Å². The third-order valence-corrected chi connectivity index (χ3v) is 6.67. The third kappa shape index (κ3) is 5.17. The molecule has 174 valence electrons. The highest BCUT2D eigenvalue weighted by atomic mass is 32.2. The number of carbonyl (C=O) groups is 1. The van der Waals surface area contributed by atoms with E-state index in [4.69, 9.17) is 0 Å². The van der Waals surface area contributed by atoms with E-state index in [9.17, 15) is 9.18 Å². The number of thioether (sulfide) groups is 1. The van der Waals surface area contributed by atoms with Crippen LogP contribution < -0.4 is 0 Å². The second kappa shape index (κ2) is 10.2. The van der Waals surface area contributed by atoms with Gasteiger partial charge in [0.2, 0.25) is 5.91 Å². The van der Waals surface area contributed by atoms with E-state index in [1.807, 2.05) is 35.8 Å². The zero-order chi connectivity index (χ0) is 24.2. The molecule has 4 rings (SSSR count). The molecule has 0 bridgehead atoms. The number of pyridine rings is 1. The van der Waals surface area contributed by atoms with E-state index in [1.54, 1.807) is 30.4 Å². The van der Waals surface area contributed by atoms with Crippen LogP contribution in [0, 0.1) is 19.7 Å². The lowest BCUT2D eigenvalue weighted by atomic mass is 10.1. The van der Waals surface area contributed by atoms with Gasteiger partial charge in [0, 0.05) is 31.5 Å². The summed E-state index contributed by atoms with van der Waals surface area (Å²) in [6.07, 6.45) is 3.43. The SMILES string of the molecule is Cc1ccc(-n2c(SC(C)C(=O)N(C)Cc3cccc(F)c3)nnc2-c2ccncc2)cc1C. The van der Waals surface area contributed by atoms with E-state index in [1.165, 1.54) is 29.5 Å². The number of hydrogen-bond acceptors (Lipinski definition) is 5. The Kier molecular flexibility index (Phi) is 7.07. The Hall–Kier alpha value is -3.52. The molecule has 6 nitrogen and oxygen atoms in total. The summed E-state index contributed by atoms with van der Waals surface area (Å²) in [5.41, 5.74) is 4.90. The minimum atomic E-state index is -0.418. The van der Waals surface area contributed by atoms with Gasteiger partial charge in [0.25, 0.3) is 0 Å². The predicted octanol–water partition coefficient (Wildman–Crippen LogP) is 5.22. The lowest BCUT2D eigenvalue weighted by Crippen LogP contribution is -2.33. The van der Waals surface area contributed by atoms with Crippen molar-refractivity contribution in [3.05, 3.63) is 89.5 Å². The molecule has 1 unspecified atom stereocenters. The average molecular weight is 476 g/mol. The number of amides is 1. The summed E-state index contributed by atoms with van der Waals surface area (Å²) in [7, 11) is 1.72. The van der Waals surface area contributed by atoms with Crippen molar-refractivity contribution in [2.24, 2.45) is 0 Å². The topological polar surface area (TPSA) is 63.9 Å². The van der Waals surface area contributed by atoms with Gasteiger partial charge >= 0.3 is 0 Å². The number of aromatic nitrogens is 4. The molecule has 0 aliphatic heterocycles. The number of hydrogen-bond donors (Lipinski definition) is 0. The van der Waals surface area contributed by atoms with Crippen LogP contribution in [0.1, 0.15) is 23.6 Å². The molecule has 2 aromatic carbocycles. The average Bonchev–Trinajstić information content (AvgIpc) is 3.24. The molecule has 8 heteroatoms. The molecule has 0 radical (unpaired) electrons. The number of nitrogens with zero attached hydrogens (tertiary/aromatic N) is 5. The minimum absolute atomic E-state index is 0.0747. The molecule has 0 aliphatic rings. The molecule has 2 heterocycles. The van der Waals surface area contributed by atoms with E-state index in [2.05, 4.69) is 41.2 Å².